The number of nitrogens with zero attached hydrogens (tertiary/aromatic N) is 1. The molecule has 0 aliphatic rings. The number of carbonyl (C=O) groups excluding carboxylic acids is 2. The molecule has 0 heterocycles. The number of benzene rings is 4. The molecule has 4 rings (SSSR count). The second-order valence-corrected chi connectivity index (χ2v) is 10.6. The van der Waals surface area contributed by atoms with Crippen LogP contribution in [0, 0.1) is 0 Å². The van der Waals surface area contributed by atoms with Gasteiger partial charge in [0, 0.05) is 24.0 Å². The number of rotatable bonds is 10. The third-order valence-electron chi connectivity index (χ3n) is 6.15. The SMILES string of the molecule is CC(C)NC(=O)C(Cc1ccccc1)N(Cc1ccc(Cl)cc1)C(=O)COc1ccc2ccccc2c1Br. The maximum absolute atomic E-state index is 13.8. The Bertz CT molecular complexity index is 1390. The molecule has 1 unspecified atom stereocenters. The minimum Gasteiger partial charge on any atom is -0.483 e. The van der Waals surface area contributed by atoms with Gasteiger partial charge in [0.2, 0.25) is 5.91 Å². The summed E-state index contributed by atoms with van der Waals surface area (Å²) < 4.78 is 6.80. The van der Waals surface area contributed by atoms with E-state index >= 15 is 0 Å². The molecule has 0 fully saturated rings. The average molecular weight is 594 g/mol. The molecule has 5 nitrogen and oxygen atoms in total. The standard InChI is InChI=1S/C31H30BrClN2O3/c1-21(2)34-31(37)27(18-22-8-4-3-5-9-22)35(19-23-12-15-25(33)16-13-23)29(36)20-38-28-17-14-24-10-6-7-11-26(24)30(28)32/h3-17,21,27H,18-20H2,1-2H3,(H,34,37). The van der Waals surface area contributed by atoms with Crippen molar-refractivity contribution in [1.82, 2.24) is 10.2 Å². The lowest BCUT2D eigenvalue weighted by atomic mass is 10.0. The van der Waals surface area contributed by atoms with E-state index in [9.17, 15) is 9.59 Å². The Labute approximate surface area is 236 Å². The van der Waals surface area contributed by atoms with Crippen LogP contribution in [0.15, 0.2) is 95.5 Å². The van der Waals surface area contributed by atoms with Crippen LogP contribution in [0.4, 0.5) is 0 Å². The molecule has 7 heteroatoms. The predicted molar refractivity (Wildman–Crippen MR) is 156 cm³/mol. The monoisotopic (exact) mass is 592 g/mol. The summed E-state index contributed by atoms with van der Waals surface area (Å²) in [6.07, 6.45) is 0.373. The fourth-order valence-electron chi connectivity index (χ4n) is 4.27. The first kappa shape index (κ1) is 27.7. The lowest BCUT2D eigenvalue weighted by Gasteiger charge is -2.32. The van der Waals surface area contributed by atoms with Gasteiger partial charge in [-0.1, -0.05) is 84.4 Å². The predicted octanol–water partition coefficient (Wildman–Crippen LogP) is 6.80. The Balaban J connectivity index is 1.63. The molecule has 4 aromatic rings. The molecular formula is C31H30BrClN2O3. The molecule has 2 amide bonds. The van der Waals surface area contributed by atoms with E-state index in [2.05, 4.69) is 21.2 Å². The largest absolute Gasteiger partial charge is 0.483 e. The molecule has 4 aromatic carbocycles. The molecule has 0 spiro atoms. The van der Waals surface area contributed by atoms with Gasteiger partial charge in [-0.3, -0.25) is 9.59 Å². The lowest BCUT2D eigenvalue weighted by Crippen LogP contribution is -2.52. The average Bonchev–Trinajstić information content (AvgIpc) is 2.91. The van der Waals surface area contributed by atoms with Crippen molar-refractivity contribution in [3.8, 4) is 5.75 Å². The first-order valence-corrected chi connectivity index (χ1v) is 13.7. The van der Waals surface area contributed by atoms with E-state index in [1.54, 1.807) is 17.0 Å². The Morgan fingerprint density at radius 1 is 0.895 bits per heavy atom. The minimum atomic E-state index is -0.730. The van der Waals surface area contributed by atoms with Crippen molar-refractivity contribution < 1.29 is 14.3 Å². The van der Waals surface area contributed by atoms with Gasteiger partial charge >= 0.3 is 0 Å². The Hall–Kier alpha value is -3.35. The number of hydrogen-bond donors (Lipinski definition) is 1. The van der Waals surface area contributed by atoms with Gasteiger partial charge in [0.05, 0.1) is 4.47 Å². The summed E-state index contributed by atoms with van der Waals surface area (Å²) >= 11 is 9.72. The van der Waals surface area contributed by atoms with Gasteiger partial charge in [0.1, 0.15) is 11.8 Å². The number of amides is 2. The highest BCUT2D eigenvalue weighted by Crippen LogP contribution is 2.33. The summed E-state index contributed by atoms with van der Waals surface area (Å²) in [5, 5.41) is 5.66. The van der Waals surface area contributed by atoms with Crippen molar-refractivity contribution in [2.75, 3.05) is 6.61 Å². The molecule has 1 atom stereocenters. The highest BCUT2D eigenvalue weighted by atomic mass is 79.9. The first-order chi connectivity index (χ1) is 18.3. The van der Waals surface area contributed by atoms with Crippen molar-refractivity contribution in [3.05, 3.63) is 112 Å². The molecule has 0 radical (unpaired) electrons. The molecule has 0 aliphatic heterocycles. The van der Waals surface area contributed by atoms with Crippen LogP contribution in [0.1, 0.15) is 25.0 Å². The molecule has 0 bridgehead atoms. The third kappa shape index (κ3) is 7.15. The van der Waals surface area contributed by atoms with Crippen LogP contribution in [0.25, 0.3) is 10.8 Å². The number of ether oxygens (including phenoxy) is 1. The summed E-state index contributed by atoms with van der Waals surface area (Å²) in [6.45, 7) is 3.83. The molecule has 0 aliphatic carbocycles. The van der Waals surface area contributed by atoms with Gasteiger partial charge in [0.25, 0.3) is 5.91 Å². The zero-order chi connectivity index (χ0) is 27.1. The smallest absolute Gasteiger partial charge is 0.261 e. The number of hydrogen-bond acceptors (Lipinski definition) is 3. The van der Waals surface area contributed by atoms with E-state index in [-0.39, 0.29) is 31.0 Å². The van der Waals surface area contributed by atoms with Crippen LogP contribution in [-0.4, -0.2) is 35.4 Å². The molecule has 38 heavy (non-hydrogen) atoms. The van der Waals surface area contributed by atoms with Gasteiger partial charge in [-0.2, -0.15) is 0 Å². The minimum absolute atomic E-state index is 0.0712. The molecular weight excluding hydrogens is 564 g/mol. The van der Waals surface area contributed by atoms with Crippen LogP contribution in [0.5, 0.6) is 5.75 Å². The fourth-order valence-corrected chi connectivity index (χ4v) is 5.00. The molecule has 0 saturated heterocycles. The van der Waals surface area contributed by atoms with E-state index in [0.29, 0.717) is 17.2 Å². The summed E-state index contributed by atoms with van der Waals surface area (Å²) in [4.78, 5) is 28.8. The second kappa shape index (κ2) is 12.9. The summed E-state index contributed by atoms with van der Waals surface area (Å²) in [5.74, 6) is 0.0626. The van der Waals surface area contributed by atoms with Crippen LogP contribution >= 0.6 is 27.5 Å². The van der Waals surface area contributed by atoms with Gasteiger partial charge in [0.15, 0.2) is 6.61 Å². The maximum Gasteiger partial charge on any atom is 0.261 e. The van der Waals surface area contributed by atoms with Crippen molar-refractivity contribution in [2.24, 2.45) is 0 Å². The van der Waals surface area contributed by atoms with Gasteiger partial charge < -0.3 is 15.0 Å². The van der Waals surface area contributed by atoms with E-state index in [1.165, 1.54) is 0 Å². The zero-order valence-electron chi connectivity index (χ0n) is 21.4. The number of nitrogens with one attached hydrogen (secondary N) is 1. The van der Waals surface area contributed by atoms with Crippen LogP contribution in [-0.2, 0) is 22.6 Å². The quantitative estimate of drug-likeness (QED) is 0.220. The fraction of sp³-hybridized carbons (Fsp3) is 0.226. The number of carbonyl (C=O) groups is 2. The van der Waals surface area contributed by atoms with E-state index in [4.69, 9.17) is 16.3 Å². The van der Waals surface area contributed by atoms with Crippen molar-refractivity contribution in [3.63, 3.8) is 0 Å². The third-order valence-corrected chi connectivity index (χ3v) is 7.22. The number of halogens is 2. The Kier molecular flexibility index (Phi) is 9.43. The van der Waals surface area contributed by atoms with E-state index in [1.807, 2.05) is 92.7 Å². The highest BCUT2D eigenvalue weighted by Gasteiger charge is 2.31. The van der Waals surface area contributed by atoms with Crippen molar-refractivity contribution >= 4 is 50.1 Å². The van der Waals surface area contributed by atoms with Crippen LogP contribution in [0.3, 0.4) is 0 Å². The van der Waals surface area contributed by atoms with E-state index in [0.717, 1.165) is 26.4 Å². The summed E-state index contributed by atoms with van der Waals surface area (Å²) in [7, 11) is 0. The normalized spacial score (nSPS) is 11.8. The van der Waals surface area contributed by atoms with Gasteiger partial charge in [-0.15, -0.1) is 0 Å². The summed E-state index contributed by atoms with van der Waals surface area (Å²) in [5.41, 5.74) is 1.83. The van der Waals surface area contributed by atoms with Crippen LogP contribution < -0.4 is 10.1 Å². The van der Waals surface area contributed by atoms with E-state index < -0.39 is 6.04 Å². The highest BCUT2D eigenvalue weighted by molar-refractivity contribution is 9.10. The maximum atomic E-state index is 13.8. The summed E-state index contributed by atoms with van der Waals surface area (Å²) in [6, 6.07) is 27.9. The topological polar surface area (TPSA) is 58.6 Å². The van der Waals surface area contributed by atoms with Crippen LogP contribution in [0.2, 0.25) is 5.02 Å². The van der Waals surface area contributed by atoms with Gasteiger partial charge in [-0.25, -0.2) is 0 Å². The Morgan fingerprint density at radius 3 is 2.29 bits per heavy atom. The molecule has 0 saturated carbocycles. The zero-order valence-corrected chi connectivity index (χ0v) is 23.7. The number of fused-ring (bicyclic) bond motifs is 1. The second-order valence-electron chi connectivity index (χ2n) is 9.40. The molecule has 0 aromatic heterocycles. The molecule has 196 valence electrons. The first-order valence-electron chi connectivity index (χ1n) is 12.5. The Morgan fingerprint density at radius 2 is 1.58 bits per heavy atom. The van der Waals surface area contributed by atoms with Gasteiger partial charge in [-0.05, 0) is 69.9 Å². The lowest BCUT2D eigenvalue weighted by molar-refractivity contribution is -0.143. The van der Waals surface area contributed by atoms with Crippen molar-refractivity contribution in [1.29, 1.82) is 0 Å². The van der Waals surface area contributed by atoms with Crippen molar-refractivity contribution in [2.45, 2.75) is 38.9 Å². The molecule has 1 N–H and O–H groups in total.